The highest BCUT2D eigenvalue weighted by Gasteiger charge is 2.15. The lowest BCUT2D eigenvalue weighted by Crippen LogP contribution is -2.32. The number of hydrogen-bond donors (Lipinski definition) is 0. The lowest BCUT2D eigenvalue weighted by molar-refractivity contribution is -0.106. The molecule has 0 unspecified atom stereocenters. The lowest BCUT2D eigenvalue weighted by Gasteiger charge is -2.27. The Morgan fingerprint density at radius 2 is 1.31 bits per heavy atom. The van der Waals surface area contributed by atoms with Gasteiger partial charge in [-0.2, -0.15) is 0 Å². The predicted molar refractivity (Wildman–Crippen MR) is 117 cm³/mol. The number of aldehydes is 1. The summed E-state index contributed by atoms with van der Waals surface area (Å²) in [5.74, 6) is 2.69. The van der Waals surface area contributed by atoms with E-state index in [1.54, 1.807) is 0 Å². The number of hydrogen-bond acceptors (Lipinski definition) is 4. The summed E-state index contributed by atoms with van der Waals surface area (Å²) in [4.78, 5) is 13.2. The van der Waals surface area contributed by atoms with Crippen molar-refractivity contribution in [1.29, 1.82) is 0 Å². The van der Waals surface area contributed by atoms with Gasteiger partial charge in [-0.25, -0.2) is 0 Å². The number of carbonyl (C=O) groups excluding carboxylic acids is 1. The molecule has 3 aromatic carbocycles. The molecule has 4 heteroatoms. The minimum atomic E-state index is 0.177. The largest absolute Gasteiger partial charge is 0.453 e. The average Bonchev–Trinajstić information content (AvgIpc) is 2.70. The van der Waals surface area contributed by atoms with Crippen molar-refractivity contribution < 1.29 is 14.3 Å². The molecule has 0 fully saturated rings. The van der Waals surface area contributed by atoms with Gasteiger partial charge < -0.3 is 19.2 Å². The Hall–Kier alpha value is -3.27. The van der Waals surface area contributed by atoms with E-state index in [4.69, 9.17) is 9.47 Å². The van der Waals surface area contributed by atoms with Gasteiger partial charge in [-0.05, 0) is 64.1 Å². The second-order valence-corrected chi connectivity index (χ2v) is 7.37. The molecule has 0 aromatic heterocycles. The summed E-state index contributed by atoms with van der Waals surface area (Å²) in [6.45, 7) is 8.51. The van der Waals surface area contributed by atoms with Crippen molar-refractivity contribution in [2.75, 3.05) is 11.4 Å². The molecule has 0 atom stereocenters. The number of benzene rings is 3. The number of aryl methyl sites for hydroxylation is 2. The van der Waals surface area contributed by atoms with Crippen LogP contribution in [0.1, 0.15) is 25.0 Å². The van der Waals surface area contributed by atoms with E-state index >= 15 is 0 Å². The van der Waals surface area contributed by atoms with Gasteiger partial charge in [-0.15, -0.1) is 0 Å². The molecule has 0 aliphatic heterocycles. The van der Waals surface area contributed by atoms with Crippen LogP contribution in [-0.4, -0.2) is 18.9 Å². The molecule has 29 heavy (non-hydrogen) atoms. The first-order chi connectivity index (χ1) is 14.0. The molecule has 0 aliphatic carbocycles. The van der Waals surface area contributed by atoms with E-state index in [1.807, 2.05) is 85.5 Å². The van der Waals surface area contributed by atoms with E-state index in [-0.39, 0.29) is 6.04 Å². The molecule has 0 bridgehead atoms. The van der Waals surface area contributed by atoms with Crippen molar-refractivity contribution in [1.82, 2.24) is 0 Å². The molecular weight excluding hydrogens is 362 g/mol. The summed E-state index contributed by atoms with van der Waals surface area (Å²) in [7, 11) is 0. The average molecular weight is 389 g/mol. The molecule has 0 saturated carbocycles. The van der Waals surface area contributed by atoms with Crippen LogP contribution in [0.3, 0.4) is 0 Å². The van der Waals surface area contributed by atoms with Gasteiger partial charge in [0.15, 0.2) is 11.5 Å². The second-order valence-electron chi connectivity index (χ2n) is 7.37. The summed E-state index contributed by atoms with van der Waals surface area (Å²) in [6.07, 6.45) is 0.914. The topological polar surface area (TPSA) is 38.8 Å². The Morgan fingerprint density at radius 1 is 0.793 bits per heavy atom. The third kappa shape index (κ3) is 5.38. The van der Waals surface area contributed by atoms with Crippen LogP contribution in [0.4, 0.5) is 5.69 Å². The van der Waals surface area contributed by atoms with Crippen molar-refractivity contribution in [3.05, 3.63) is 77.9 Å². The molecule has 3 rings (SSSR count). The van der Waals surface area contributed by atoms with E-state index < -0.39 is 0 Å². The molecule has 0 radical (unpaired) electrons. The zero-order valence-corrected chi connectivity index (χ0v) is 17.4. The highest BCUT2D eigenvalue weighted by atomic mass is 16.5. The minimum absolute atomic E-state index is 0.177. The van der Waals surface area contributed by atoms with Gasteiger partial charge in [0.2, 0.25) is 0 Å². The number of ether oxygens (including phenoxy) is 2. The fourth-order valence-electron chi connectivity index (χ4n) is 3.00. The maximum atomic E-state index is 11.1. The molecular formula is C25H27NO3. The molecule has 0 N–H and O–H groups in total. The molecule has 4 nitrogen and oxygen atoms in total. The minimum Gasteiger partial charge on any atom is -0.453 e. The summed E-state index contributed by atoms with van der Waals surface area (Å²) in [5.41, 5.74) is 3.25. The molecule has 0 heterocycles. The maximum absolute atomic E-state index is 11.1. The number of carbonyl (C=O) groups is 1. The number of anilines is 1. The van der Waals surface area contributed by atoms with Crippen LogP contribution in [0.15, 0.2) is 66.7 Å². The van der Waals surface area contributed by atoms with Gasteiger partial charge in [-0.1, -0.05) is 35.4 Å². The number of nitrogens with zero attached hydrogens (tertiary/aromatic N) is 1. The van der Waals surface area contributed by atoms with Crippen LogP contribution in [-0.2, 0) is 4.79 Å². The van der Waals surface area contributed by atoms with Gasteiger partial charge in [-0.3, -0.25) is 0 Å². The van der Waals surface area contributed by atoms with E-state index in [1.165, 1.54) is 11.1 Å². The Balaban J connectivity index is 1.97. The standard InChI is InChI=1S/C25H27NO3/c1-18(2)26(15-16-27)21-9-14-24(28-22-10-5-19(3)6-11-22)25(17-21)29-23-12-7-20(4)8-13-23/h5-14,16-18H,15H2,1-4H3. The Bertz CT molecular complexity index is 947. The summed E-state index contributed by atoms with van der Waals surface area (Å²) in [6, 6.07) is 21.7. The Labute approximate surface area is 172 Å². The molecule has 0 saturated heterocycles. The smallest absolute Gasteiger partial charge is 0.172 e. The first-order valence-corrected chi connectivity index (χ1v) is 9.79. The molecule has 3 aromatic rings. The Morgan fingerprint density at radius 3 is 1.79 bits per heavy atom. The molecule has 0 aliphatic rings. The quantitative estimate of drug-likeness (QED) is 0.424. The van der Waals surface area contributed by atoms with Crippen molar-refractivity contribution >= 4 is 12.0 Å². The molecule has 150 valence electrons. The van der Waals surface area contributed by atoms with Gasteiger partial charge in [0, 0.05) is 17.8 Å². The zero-order valence-electron chi connectivity index (χ0n) is 17.4. The van der Waals surface area contributed by atoms with Gasteiger partial charge in [0.25, 0.3) is 0 Å². The van der Waals surface area contributed by atoms with E-state index in [0.29, 0.717) is 18.0 Å². The first kappa shape index (κ1) is 20.5. The van der Waals surface area contributed by atoms with E-state index in [0.717, 1.165) is 23.5 Å². The zero-order chi connectivity index (χ0) is 20.8. The lowest BCUT2D eigenvalue weighted by atomic mass is 10.2. The van der Waals surface area contributed by atoms with Crippen molar-refractivity contribution in [2.45, 2.75) is 33.7 Å². The second kappa shape index (κ2) is 9.28. The maximum Gasteiger partial charge on any atom is 0.172 e. The van der Waals surface area contributed by atoms with Crippen LogP contribution in [0.2, 0.25) is 0 Å². The normalized spacial score (nSPS) is 10.7. The fourth-order valence-corrected chi connectivity index (χ4v) is 3.00. The van der Waals surface area contributed by atoms with Gasteiger partial charge >= 0.3 is 0 Å². The van der Waals surface area contributed by atoms with E-state index in [2.05, 4.69) is 13.8 Å². The van der Waals surface area contributed by atoms with Crippen LogP contribution in [0, 0.1) is 13.8 Å². The highest BCUT2D eigenvalue weighted by Crippen LogP contribution is 2.38. The third-order valence-electron chi connectivity index (χ3n) is 4.65. The van der Waals surface area contributed by atoms with Crippen LogP contribution < -0.4 is 14.4 Å². The first-order valence-electron chi connectivity index (χ1n) is 9.79. The number of rotatable bonds is 8. The summed E-state index contributed by atoms with van der Waals surface area (Å²) in [5, 5.41) is 0. The van der Waals surface area contributed by atoms with Crippen LogP contribution in [0.5, 0.6) is 23.0 Å². The van der Waals surface area contributed by atoms with Crippen LogP contribution >= 0.6 is 0 Å². The summed E-state index contributed by atoms with van der Waals surface area (Å²) >= 11 is 0. The van der Waals surface area contributed by atoms with Crippen molar-refractivity contribution in [2.24, 2.45) is 0 Å². The van der Waals surface area contributed by atoms with Crippen LogP contribution in [0.25, 0.3) is 0 Å². The fraction of sp³-hybridized carbons (Fsp3) is 0.240. The van der Waals surface area contributed by atoms with E-state index in [9.17, 15) is 4.79 Å². The van der Waals surface area contributed by atoms with Crippen molar-refractivity contribution in [3.8, 4) is 23.0 Å². The highest BCUT2D eigenvalue weighted by molar-refractivity contribution is 5.65. The molecule has 0 amide bonds. The van der Waals surface area contributed by atoms with Gasteiger partial charge in [0.05, 0.1) is 6.54 Å². The van der Waals surface area contributed by atoms with Gasteiger partial charge in [0.1, 0.15) is 17.8 Å². The van der Waals surface area contributed by atoms with Crippen molar-refractivity contribution in [3.63, 3.8) is 0 Å². The predicted octanol–water partition coefficient (Wildman–Crippen LogP) is 6.30. The third-order valence-corrected chi connectivity index (χ3v) is 4.65. The SMILES string of the molecule is Cc1ccc(Oc2ccc(N(CC=O)C(C)C)cc2Oc2ccc(C)cc2)cc1. The molecule has 0 spiro atoms. The Kier molecular flexibility index (Phi) is 6.55. The monoisotopic (exact) mass is 389 g/mol. The summed E-state index contributed by atoms with van der Waals surface area (Å²) < 4.78 is 12.3.